The van der Waals surface area contributed by atoms with E-state index in [1.807, 2.05) is 19.9 Å². The fraction of sp³-hybridized carbons (Fsp3) is 0.400. The van der Waals surface area contributed by atoms with Crippen LogP contribution in [0.5, 0.6) is 5.75 Å². The maximum atomic E-state index is 11.5. The fourth-order valence-electron chi connectivity index (χ4n) is 2.33. The summed E-state index contributed by atoms with van der Waals surface area (Å²) in [7, 11) is 1.60. The Hall–Kier alpha value is -2.37. The number of methoxy groups -OCH3 is 1. The second-order valence-corrected chi connectivity index (χ2v) is 5.26. The predicted molar refractivity (Wildman–Crippen MR) is 80.6 cm³/mol. The molecule has 6 heteroatoms. The Bertz CT molecular complexity index is 662. The third kappa shape index (κ3) is 3.04. The second kappa shape index (κ2) is 5.95. The number of aromatic nitrogens is 3. The number of Topliss-reactive ketones (excluding diaryl/α,β-unsaturated/α-hetero) is 1. The predicted octanol–water partition coefficient (Wildman–Crippen LogP) is 2.24. The zero-order valence-corrected chi connectivity index (χ0v) is 12.8. The summed E-state index contributed by atoms with van der Waals surface area (Å²) < 4.78 is 7.11. The number of benzene rings is 1. The first-order valence-corrected chi connectivity index (χ1v) is 6.80. The summed E-state index contributed by atoms with van der Waals surface area (Å²) in [6.07, 6.45) is 0. The number of carbonyl (C=O) groups is 1. The van der Waals surface area contributed by atoms with Crippen LogP contribution in [-0.2, 0) is 6.54 Å². The van der Waals surface area contributed by atoms with E-state index in [1.54, 1.807) is 30.8 Å². The van der Waals surface area contributed by atoms with Crippen LogP contribution in [0.25, 0.3) is 0 Å². The number of anilines is 1. The van der Waals surface area contributed by atoms with Gasteiger partial charge in [-0.2, -0.15) is 0 Å². The van der Waals surface area contributed by atoms with Gasteiger partial charge in [0.05, 0.1) is 19.3 Å². The molecule has 1 aromatic carbocycles. The molecule has 0 saturated heterocycles. The summed E-state index contributed by atoms with van der Waals surface area (Å²) >= 11 is 0. The number of hydrogen-bond donors (Lipinski definition) is 1. The summed E-state index contributed by atoms with van der Waals surface area (Å²) in [5, 5.41) is 8.01. The van der Waals surface area contributed by atoms with Crippen LogP contribution >= 0.6 is 0 Å². The minimum absolute atomic E-state index is 0.0149. The van der Waals surface area contributed by atoms with Crippen LogP contribution in [-0.4, -0.2) is 27.9 Å². The van der Waals surface area contributed by atoms with E-state index in [0.29, 0.717) is 23.7 Å². The summed E-state index contributed by atoms with van der Waals surface area (Å²) in [4.78, 5) is 11.5. The van der Waals surface area contributed by atoms with Crippen LogP contribution in [0, 0.1) is 0 Å². The second-order valence-electron chi connectivity index (χ2n) is 5.26. The molecule has 2 N–H and O–H groups in total. The van der Waals surface area contributed by atoms with Crippen molar-refractivity contribution in [2.75, 3.05) is 12.8 Å². The van der Waals surface area contributed by atoms with Gasteiger partial charge < -0.3 is 10.5 Å². The molecule has 0 aliphatic heterocycles. The minimum Gasteiger partial charge on any atom is -0.496 e. The highest BCUT2D eigenvalue weighted by Crippen LogP contribution is 2.25. The summed E-state index contributed by atoms with van der Waals surface area (Å²) in [5.41, 5.74) is 8.26. The summed E-state index contributed by atoms with van der Waals surface area (Å²) in [6, 6.07) is 5.37. The Balaban J connectivity index is 2.43. The highest BCUT2D eigenvalue weighted by atomic mass is 16.5. The largest absolute Gasteiger partial charge is 0.496 e. The normalized spacial score (nSPS) is 10.9. The first-order chi connectivity index (χ1) is 9.93. The number of carbonyl (C=O) groups excluding carboxylic acids is 1. The Morgan fingerprint density at radius 1 is 1.43 bits per heavy atom. The molecule has 0 aliphatic carbocycles. The topological polar surface area (TPSA) is 83.0 Å². The van der Waals surface area contributed by atoms with Gasteiger partial charge in [0.25, 0.3) is 0 Å². The van der Waals surface area contributed by atoms with Crippen LogP contribution < -0.4 is 10.5 Å². The lowest BCUT2D eigenvalue weighted by molar-refractivity contribution is 0.101. The van der Waals surface area contributed by atoms with Gasteiger partial charge in [0.1, 0.15) is 5.75 Å². The number of nitrogens with two attached hydrogens (primary N) is 1. The van der Waals surface area contributed by atoms with Crippen molar-refractivity contribution in [2.24, 2.45) is 0 Å². The van der Waals surface area contributed by atoms with Gasteiger partial charge in [-0.25, -0.2) is 4.68 Å². The molecule has 0 aliphatic rings. The van der Waals surface area contributed by atoms with E-state index in [1.165, 1.54) is 0 Å². The molecule has 1 aromatic heterocycles. The fourth-order valence-corrected chi connectivity index (χ4v) is 2.33. The minimum atomic E-state index is 0.0149. The van der Waals surface area contributed by atoms with Gasteiger partial charge in [-0.1, -0.05) is 19.1 Å². The third-order valence-electron chi connectivity index (χ3n) is 3.35. The van der Waals surface area contributed by atoms with Crippen molar-refractivity contribution >= 4 is 11.6 Å². The molecule has 0 saturated carbocycles. The van der Waals surface area contributed by atoms with Crippen LogP contribution in [0.2, 0.25) is 0 Å². The van der Waals surface area contributed by atoms with Crippen molar-refractivity contribution in [3.63, 3.8) is 0 Å². The molecule has 112 valence electrons. The van der Waals surface area contributed by atoms with E-state index in [-0.39, 0.29) is 11.7 Å². The van der Waals surface area contributed by atoms with Crippen LogP contribution in [0.1, 0.15) is 48.3 Å². The number of nitrogen functional groups attached to an aromatic ring is 1. The van der Waals surface area contributed by atoms with Crippen LogP contribution in [0.15, 0.2) is 18.2 Å². The van der Waals surface area contributed by atoms with Crippen LogP contribution in [0.3, 0.4) is 0 Å². The van der Waals surface area contributed by atoms with Crippen molar-refractivity contribution in [1.29, 1.82) is 0 Å². The molecule has 0 radical (unpaired) electrons. The molecule has 0 spiro atoms. The Morgan fingerprint density at radius 3 is 2.71 bits per heavy atom. The smallest absolute Gasteiger partial charge is 0.169 e. The maximum absolute atomic E-state index is 11.5. The third-order valence-corrected chi connectivity index (χ3v) is 3.35. The van der Waals surface area contributed by atoms with Crippen molar-refractivity contribution in [3.05, 3.63) is 35.0 Å². The number of ether oxygens (including phenoxy) is 1. The lowest BCUT2D eigenvalue weighted by Crippen LogP contribution is -2.10. The van der Waals surface area contributed by atoms with E-state index in [2.05, 4.69) is 10.3 Å². The number of hydrogen-bond acceptors (Lipinski definition) is 5. The van der Waals surface area contributed by atoms with Crippen LogP contribution in [0.4, 0.5) is 5.82 Å². The van der Waals surface area contributed by atoms with Crippen molar-refractivity contribution in [1.82, 2.24) is 15.0 Å². The van der Waals surface area contributed by atoms with E-state index in [0.717, 1.165) is 11.3 Å². The van der Waals surface area contributed by atoms with Gasteiger partial charge in [-0.05, 0) is 31.0 Å². The average molecular weight is 288 g/mol. The summed E-state index contributed by atoms with van der Waals surface area (Å²) in [6.45, 7) is 6.07. The summed E-state index contributed by atoms with van der Waals surface area (Å²) in [5.74, 6) is 1.37. The molecule has 0 bridgehead atoms. The number of ketones is 1. The maximum Gasteiger partial charge on any atom is 0.169 e. The Labute approximate surface area is 123 Å². The molecule has 2 rings (SSSR count). The lowest BCUT2D eigenvalue weighted by atomic mass is 10.1. The standard InChI is InChI=1S/C15H20N4O2/c1-9(2)14-15(16)17-18-19(14)8-12-7-11(10(3)20)5-6-13(12)21-4/h5-7,9H,8,16H2,1-4H3. The highest BCUT2D eigenvalue weighted by Gasteiger charge is 2.16. The quantitative estimate of drug-likeness (QED) is 0.853. The first kappa shape index (κ1) is 15.0. The van der Waals surface area contributed by atoms with Crippen molar-refractivity contribution in [2.45, 2.75) is 33.2 Å². The van der Waals surface area contributed by atoms with Gasteiger partial charge in [0, 0.05) is 11.1 Å². The van der Waals surface area contributed by atoms with Gasteiger partial charge in [0.15, 0.2) is 11.6 Å². The molecular weight excluding hydrogens is 268 g/mol. The molecule has 6 nitrogen and oxygen atoms in total. The van der Waals surface area contributed by atoms with Gasteiger partial charge in [0.2, 0.25) is 0 Å². The monoisotopic (exact) mass is 288 g/mol. The lowest BCUT2D eigenvalue weighted by Gasteiger charge is -2.13. The number of nitrogens with zero attached hydrogens (tertiary/aromatic N) is 3. The molecule has 0 fully saturated rings. The highest BCUT2D eigenvalue weighted by molar-refractivity contribution is 5.94. The van der Waals surface area contributed by atoms with E-state index < -0.39 is 0 Å². The average Bonchev–Trinajstić information content (AvgIpc) is 2.79. The van der Waals surface area contributed by atoms with Crippen molar-refractivity contribution < 1.29 is 9.53 Å². The molecule has 2 aromatic rings. The van der Waals surface area contributed by atoms with Gasteiger partial charge >= 0.3 is 0 Å². The zero-order chi connectivity index (χ0) is 15.6. The molecule has 0 amide bonds. The SMILES string of the molecule is COc1ccc(C(C)=O)cc1Cn1nnc(N)c1C(C)C. The molecular formula is C15H20N4O2. The molecule has 0 atom stereocenters. The van der Waals surface area contributed by atoms with E-state index >= 15 is 0 Å². The van der Waals surface area contributed by atoms with Gasteiger partial charge in [-0.3, -0.25) is 4.79 Å². The number of rotatable bonds is 5. The molecule has 21 heavy (non-hydrogen) atoms. The van der Waals surface area contributed by atoms with E-state index in [4.69, 9.17) is 10.5 Å². The molecule has 0 unspecified atom stereocenters. The van der Waals surface area contributed by atoms with Gasteiger partial charge in [-0.15, -0.1) is 5.10 Å². The Kier molecular flexibility index (Phi) is 4.26. The Morgan fingerprint density at radius 2 is 2.14 bits per heavy atom. The first-order valence-electron chi connectivity index (χ1n) is 6.80. The van der Waals surface area contributed by atoms with Crippen molar-refractivity contribution in [3.8, 4) is 5.75 Å². The molecule has 1 heterocycles. The zero-order valence-electron chi connectivity index (χ0n) is 12.8. The van der Waals surface area contributed by atoms with E-state index in [9.17, 15) is 4.79 Å².